The molecule has 0 amide bonds. The molecule has 100 valence electrons. The van der Waals surface area contributed by atoms with Crippen molar-refractivity contribution in [2.45, 2.75) is 38.6 Å². The Labute approximate surface area is 115 Å². The first-order chi connectivity index (χ1) is 9.24. The molecule has 1 fully saturated rings. The maximum absolute atomic E-state index is 6.45. The van der Waals surface area contributed by atoms with Gasteiger partial charge in [-0.25, -0.2) is 0 Å². The molecule has 2 aromatic carbocycles. The lowest BCUT2D eigenvalue weighted by Crippen LogP contribution is -2.33. The van der Waals surface area contributed by atoms with Gasteiger partial charge in [-0.05, 0) is 41.0 Å². The molecule has 0 radical (unpaired) electrons. The van der Waals surface area contributed by atoms with Crippen molar-refractivity contribution in [2.75, 3.05) is 0 Å². The molecule has 1 aliphatic rings. The zero-order chi connectivity index (χ0) is 13.2. The van der Waals surface area contributed by atoms with Crippen molar-refractivity contribution in [3.63, 3.8) is 0 Å². The number of fused-ring (bicyclic) bond motifs is 1. The van der Waals surface area contributed by atoms with Crippen LogP contribution in [0.1, 0.15) is 31.7 Å². The summed E-state index contributed by atoms with van der Waals surface area (Å²) in [6.07, 6.45) is 5.04. The van der Waals surface area contributed by atoms with Gasteiger partial charge >= 0.3 is 0 Å². The number of hydrogen-bond acceptors (Lipinski definition) is 1. The van der Waals surface area contributed by atoms with E-state index in [9.17, 15) is 0 Å². The van der Waals surface area contributed by atoms with E-state index >= 15 is 0 Å². The fourth-order valence-electron chi connectivity index (χ4n) is 3.60. The highest BCUT2D eigenvalue weighted by atomic mass is 14.7. The summed E-state index contributed by atoms with van der Waals surface area (Å²) in [4.78, 5) is 0. The number of nitrogens with two attached hydrogens (primary N) is 1. The van der Waals surface area contributed by atoms with Gasteiger partial charge in [0.2, 0.25) is 0 Å². The van der Waals surface area contributed by atoms with E-state index < -0.39 is 0 Å². The first-order valence-corrected chi connectivity index (χ1v) is 7.47. The van der Waals surface area contributed by atoms with Gasteiger partial charge in [-0.2, -0.15) is 0 Å². The Morgan fingerprint density at radius 2 is 1.89 bits per heavy atom. The van der Waals surface area contributed by atoms with Gasteiger partial charge in [-0.1, -0.05) is 62.2 Å². The Balaban J connectivity index is 1.77. The van der Waals surface area contributed by atoms with Crippen molar-refractivity contribution in [2.24, 2.45) is 17.6 Å². The molecule has 3 rings (SSSR count). The summed E-state index contributed by atoms with van der Waals surface area (Å²) >= 11 is 0. The van der Waals surface area contributed by atoms with Gasteiger partial charge in [0, 0.05) is 6.04 Å². The lowest BCUT2D eigenvalue weighted by atomic mass is 9.87. The molecule has 0 aliphatic heterocycles. The van der Waals surface area contributed by atoms with Gasteiger partial charge < -0.3 is 5.73 Å². The average Bonchev–Trinajstić information content (AvgIpc) is 2.85. The molecular formula is C18H23N. The molecule has 3 atom stereocenters. The van der Waals surface area contributed by atoms with E-state index in [1.54, 1.807) is 0 Å². The fourth-order valence-corrected chi connectivity index (χ4v) is 3.60. The summed E-state index contributed by atoms with van der Waals surface area (Å²) in [7, 11) is 0. The Kier molecular flexibility index (Phi) is 3.56. The topological polar surface area (TPSA) is 26.0 Å². The quantitative estimate of drug-likeness (QED) is 0.874. The third-order valence-corrected chi connectivity index (χ3v) is 4.76. The van der Waals surface area contributed by atoms with Gasteiger partial charge in [0.1, 0.15) is 0 Å². The van der Waals surface area contributed by atoms with E-state index in [0.29, 0.717) is 12.0 Å². The van der Waals surface area contributed by atoms with Crippen LogP contribution in [-0.4, -0.2) is 6.04 Å². The molecule has 0 aromatic heterocycles. The zero-order valence-corrected chi connectivity index (χ0v) is 11.7. The Hall–Kier alpha value is -1.34. The molecule has 1 nitrogen and oxygen atoms in total. The van der Waals surface area contributed by atoms with Crippen molar-refractivity contribution in [1.29, 1.82) is 0 Å². The summed E-state index contributed by atoms with van der Waals surface area (Å²) < 4.78 is 0. The number of hydrogen-bond donors (Lipinski definition) is 1. The van der Waals surface area contributed by atoms with Gasteiger partial charge in [0.15, 0.2) is 0 Å². The molecular weight excluding hydrogens is 230 g/mol. The highest BCUT2D eigenvalue weighted by molar-refractivity contribution is 5.82. The van der Waals surface area contributed by atoms with E-state index in [1.807, 2.05) is 0 Å². The van der Waals surface area contributed by atoms with Crippen LogP contribution in [0.2, 0.25) is 0 Å². The zero-order valence-electron chi connectivity index (χ0n) is 11.7. The second kappa shape index (κ2) is 5.34. The molecule has 1 saturated carbocycles. The minimum Gasteiger partial charge on any atom is -0.327 e. The summed E-state index contributed by atoms with van der Waals surface area (Å²) in [6, 6.07) is 15.6. The van der Waals surface area contributed by atoms with E-state index in [0.717, 1.165) is 12.3 Å². The maximum Gasteiger partial charge on any atom is 0.0110 e. The number of benzene rings is 2. The summed E-state index contributed by atoms with van der Waals surface area (Å²) in [5, 5.41) is 2.64. The van der Waals surface area contributed by atoms with Crippen molar-refractivity contribution in [3.05, 3.63) is 48.0 Å². The summed E-state index contributed by atoms with van der Waals surface area (Å²) in [5.41, 5.74) is 7.83. The lowest BCUT2D eigenvalue weighted by molar-refractivity contribution is 0.343. The van der Waals surface area contributed by atoms with Crippen molar-refractivity contribution >= 4 is 10.8 Å². The first-order valence-electron chi connectivity index (χ1n) is 7.47. The molecule has 2 aromatic rings. The minimum absolute atomic E-state index is 0.318. The number of rotatable bonds is 3. The lowest BCUT2D eigenvalue weighted by Gasteiger charge is -2.23. The Morgan fingerprint density at radius 3 is 2.63 bits per heavy atom. The fraction of sp³-hybridized carbons (Fsp3) is 0.444. The third kappa shape index (κ3) is 2.66. The molecule has 19 heavy (non-hydrogen) atoms. The summed E-state index contributed by atoms with van der Waals surface area (Å²) in [5.74, 6) is 1.52. The molecule has 0 saturated heterocycles. The van der Waals surface area contributed by atoms with Crippen LogP contribution < -0.4 is 5.73 Å². The second-order valence-electron chi connectivity index (χ2n) is 6.12. The molecule has 2 N–H and O–H groups in total. The third-order valence-electron chi connectivity index (χ3n) is 4.76. The Morgan fingerprint density at radius 1 is 1.11 bits per heavy atom. The predicted molar refractivity (Wildman–Crippen MR) is 82.1 cm³/mol. The van der Waals surface area contributed by atoms with Crippen LogP contribution in [0.15, 0.2) is 42.5 Å². The van der Waals surface area contributed by atoms with E-state index in [4.69, 9.17) is 5.73 Å². The molecule has 0 bridgehead atoms. The van der Waals surface area contributed by atoms with Crippen LogP contribution in [0, 0.1) is 11.8 Å². The van der Waals surface area contributed by atoms with E-state index in [2.05, 4.69) is 49.4 Å². The van der Waals surface area contributed by atoms with Gasteiger partial charge in [-0.3, -0.25) is 0 Å². The van der Waals surface area contributed by atoms with Gasteiger partial charge in [-0.15, -0.1) is 0 Å². The average molecular weight is 253 g/mol. The smallest absolute Gasteiger partial charge is 0.0110 e. The van der Waals surface area contributed by atoms with Crippen molar-refractivity contribution in [1.82, 2.24) is 0 Å². The van der Waals surface area contributed by atoms with Crippen LogP contribution in [0.3, 0.4) is 0 Å². The minimum atomic E-state index is 0.318. The molecule has 0 spiro atoms. The van der Waals surface area contributed by atoms with Gasteiger partial charge in [0.25, 0.3) is 0 Å². The normalized spacial score (nSPS) is 24.7. The van der Waals surface area contributed by atoms with Crippen molar-refractivity contribution < 1.29 is 0 Å². The molecule has 0 heterocycles. The van der Waals surface area contributed by atoms with Crippen LogP contribution in [0.4, 0.5) is 0 Å². The van der Waals surface area contributed by atoms with Crippen LogP contribution in [0.5, 0.6) is 0 Å². The highest BCUT2D eigenvalue weighted by Crippen LogP contribution is 2.34. The summed E-state index contributed by atoms with van der Waals surface area (Å²) in [6.45, 7) is 2.36. The standard InChI is InChI=1S/C18H23N/c1-13-5-4-8-17(13)18(19)12-14-9-10-15-6-2-3-7-16(15)11-14/h2-3,6-7,9-11,13,17-18H,4-5,8,12,19H2,1H3. The van der Waals surface area contributed by atoms with Crippen molar-refractivity contribution in [3.8, 4) is 0 Å². The van der Waals surface area contributed by atoms with Gasteiger partial charge in [0.05, 0.1) is 0 Å². The SMILES string of the molecule is CC1CCCC1C(N)Cc1ccc2ccccc2c1. The van der Waals surface area contributed by atoms with Crippen LogP contribution in [-0.2, 0) is 6.42 Å². The van der Waals surface area contributed by atoms with E-state index in [-0.39, 0.29) is 0 Å². The molecule has 1 aliphatic carbocycles. The maximum atomic E-state index is 6.45. The second-order valence-corrected chi connectivity index (χ2v) is 6.12. The molecule has 1 heteroatoms. The van der Waals surface area contributed by atoms with Crippen LogP contribution >= 0.6 is 0 Å². The van der Waals surface area contributed by atoms with Crippen LogP contribution in [0.25, 0.3) is 10.8 Å². The highest BCUT2D eigenvalue weighted by Gasteiger charge is 2.28. The first kappa shape index (κ1) is 12.7. The largest absolute Gasteiger partial charge is 0.327 e. The monoisotopic (exact) mass is 253 g/mol. The van der Waals surface area contributed by atoms with E-state index in [1.165, 1.54) is 35.6 Å². The Bertz CT molecular complexity index is 560. The molecule has 3 unspecified atom stereocenters. The predicted octanol–water partition coefficient (Wildman–Crippen LogP) is 4.15.